The lowest BCUT2D eigenvalue weighted by molar-refractivity contribution is -0.161. The van der Waals surface area contributed by atoms with Gasteiger partial charge in [0.25, 0.3) is 0 Å². The Balaban J connectivity index is 4.56. The molecule has 0 heterocycles. The summed E-state index contributed by atoms with van der Waals surface area (Å²) in [5.41, 5.74) is 0. The van der Waals surface area contributed by atoms with E-state index in [1.807, 2.05) is 0 Å². The standard InChI is InChI=1S/C79H138O16P2/c1-4-7-10-13-16-19-22-25-28-30-32-33-34-35-36-37-38-39-41-43-45-47-50-53-56-59-62-65-77(82)89-68-74(80)69-91-96(85,86)92-70-75(81)71-93-97(87,88)94-73-76(95-79(84)67-64-61-58-55-52-49-44-27-24-21-18-15-12-9-6-3)72-90-78(83)66-63-60-57-54-51-48-46-42-40-31-29-26-23-20-17-14-11-8-5-2/h8,11,16-17,19-20,25-29,32-33,35-36,40,42,44,74-76,80-81H,4-7,9-10,12-15,18,21-24,30-31,34,37-39,41,43,45-73H2,1-3H3,(H,85,86)(H,87,88)/b11-8-,19-16-,20-17-,28-25-,29-26-,33-32-,36-35-,42-40-,44-27-. The van der Waals surface area contributed by atoms with Gasteiger partial charge in [-0.05, 0) is 128 Å². The fourth-order valence-corrected chi connectivity index (χ4v) is 11.7. The Morgan fingerprint density at radius 1 is 0.299 bits per heavy atom. The lowest BCUT2D eigenvalue weighted by atomic mass is 10.0. The molecule has 4 N–H and O–H groups in total. The quantitative estimate of drug-likeness (QED) is 0.0146. The minimum absolute atomic E-state index is 0.0906. The highest BCUT2D eigenvalue weighted by Crippen LogP contribution is 2.45. The Hall–Kier alpha value is -3.79. The van der Waals surface area contributed by atoms with Crippen LogP contribution in [0.2, 0.25) is 0 Å². The van der Waals surface area contributed by atoms with E-state index in [2.05, 4.69) is 130 Å². The van der Waals surface area contributed by atoms with Crippen LogP contribution in [0.1, 0.15) is 316 Å². The molecule has 0 saturated carbocycles. The van der Waals surface area contributed by atoms with Gasteiger partial charge in [-0.25, -0.2) is 9.13 Å². The molecule has 0 aliphatic heterocycles. The molecule has 0 rings (SSSR count). The second kappa shape index (κ2) is 72.0. The monoisotopic (exact) mass is 1400 g/mol. The summed E-state index contributed by atoms with van der Waals surface area (Å²) in [6.45, 7) is 2.52. The van der Waals surface area contributed by atoms with Crippen molar-refractivity contribution in [1.82, 2.24) is 0 Å². The van der Waals surface area contributed by atoms with E-state index in [1.54, 1.807) is 0 Å². The van der Waals surface area contributed by atoms with E-state index in [0.717, 1.165) is 148 Å². The van der Waals surface area contributed by atoms with Crippen molar-refractivity contribution in [2.45, 2.75) is 334 Å². The smallest absolute Gasteiger partial charge is 0.463 e. The number of ether oxygens (including phenoxy) is 3. The van der Waals surface area contributed by atoms with Gasteiger partial charge in [-0.3, -0.25) is 32.5 Å². The normalized spacial score (nSPS) is 14.7. The van der Waals surface area contributed by atoms with Gasteiger partial charge in [-0.1, -0.05) is 278 Å². The number of unbranched alkanes of at least 4 members (excludes halogenated alkanes) is 31. The molecule has 16 nitrogen and oxygen atoms in total. The summed E-state index contributed by atoms with van der Waals surface area (Å²) in [5.74, 6) is -1.60. The molecule has 5 unspecified atom stereocenters. The molecule has 0 aliphatic carbocycles. The fraction of sp³-hybridized carbons (Fsp3) is 0.734. The van der Waals surface area contributed by atoms with Crippen molar-refractivity contribution in [2.75, 3.05) is 39.6 Å². The minimum Gasteiger partial charge on any atom is -0.463 e. The zero-order valence-electron chi connectivity index (χ0n) is 61.0. The zero-order chi connectivity index (χ0) is 70.9. The number of hydrogen-bond donors (Lipinski definition) is 4. The van der Waals surface area contributed by atoms with Crippen LogP contribution in [-0.2, 0) is 55.8 Å². The van der Waals surface area contributed by atoms with Crippen LogP contribution in [0.5, 0.6) is 0 Å². The molecule has 0 aliphatic rings. The summed E-state index contributed by atoms with van der Waals surface area (Å²) >= 11 is 0. The molecule has 5 atom stereocenters. The van der Waals surface area contributed by atoms with Crippen molar-refractivity contribution in [3.05, 3.63) is 109 Å². The van der Waals surface area contributed by atoms with E-state index >= 15 is 0 Å². The average Bonchev–Trinajstić information content (AvgIpc) is 2.48. The second-order valence-corrected chi connectivity index (χ2v) is 28.3. The van der Waals surface area contributed by atoms with E-state index < -0.39 is 91.5 Å². The van der Waals surface area contributed by atoms with E-state index in [-0.39, 0.29) is 19.3 Å². The van der Waals surface area contributed by atoms with Crippen LogP contribution in [0.4, 0.5) is 0 Å². The van der Waals surface area contributed by atoms with Crippen molar-refractivity contribution in [2.24, 2.45) is 0 Å². The highest BCUT2D eigenvalue weighted by atomic mass is 31.2. The predicted octanol–water partition coefficient (Wildman–Crippen LogP) is 22.0. The van der Waals surface area contributed by atoms with E-state index in [1.165, 1.54) is 109 Å². The summed E-state index contributed by atoms with van der Waals surface area (Å²) in [4.78, 5) is 58.6. The number of esters is 3. The number of phosphoric acid groups is 2. The summed E-state index contributed by atoms with van der Waals surface area (Å²) in [7, 11) is -9.79. The molecule has 0 amide bonds. The van der Waals surface area contributed by atoms with Crippen LogP contribution in [0.3, 0.4) is 0 Å². The number of aliphatic hydroxyl groups is 2. The van der Waals surface area contributed by atoms with Gasteiger partial charge in [0.05, 0.1) is 26.4 Å². The van der Waals surface area contributed by atoms with Gasteiger partial charge in [-0.2, -0.15) is 0 Å². The summed E-state index contributed by atoms with van der Waals surface area (Å²) in [5, 5.41) is 20.6. The largest absolute Gasteiger partial charge is 0.472 e. The molecular weight excluding hydrogens is 1270 g/mol. The van der Waals surface area contributed by atoms with Crippen molar-refractivity contribution in [3.8, 4) is 0 Å². The molecule has 560 valence electrons. The molecule has 0 radical (unpaired) electrons. The van der Waals surface area contributed by atoms with Gasteiger partial charge < -0.3 is 34.2 Å². The molecule has 0 saturated heterocycles. The highest BCUT2D eigenvalue weighted by molar-refractivity contribution is 7.47. The SMILES string of the molecule is CC/C=C\C/C=C\C/C=C\C/C=C\CCCCCCCCC(=O)OCC(COP(=O)(O)OCC(O)COP(=O)(O)OCC(O)COC(=O)CCCCCCCCCCCCC/C=C\C/C=C\C/C=C\C/C=C\CCCCC)OC(=O)CCCCCCC/C=C\CCCCCCCC. The molecule has 0 aromatic rings. The zero-order valence-corrected chi connectivity index (χ0v) is 62.8. The molecule has 0 fully saturated rings. The Morgan fingerprint density at radius 3 is 0.897 bits per heavy atom. The number of carbonyl (C=O) groups excluding carboxylic acids is 3. The van der Waals surface area contributed by atoms with Crippen LogP contribution < -0.4 is 0 Å². The van der Waals surface area contributed by atoms with Crippen molar-refractivity contribution >= 4 is 33.6 Å². The first-order valence-electron chi connectivity index (χ1n) is 38.2. The topological polar surface area (TPSA) is 231 Å². The summed E-state index contributed by atoms with van der Waals surface area (Å²) < 4.78 is 61.1. The van der Waals surface area contributed by atoms with Crippen LogP contribution in [-0.4, -0.2) is 95.9 Å². The number of allylic oxidation sites excluding steroid dienone is 18. The number of phosphoric ester groups is 2. The van der Waals surface area contributed by atoms with Gasteiger partial charge >= 0.3 is 33.6 Å². The first kappa shape index (κ1) is 93.2. The lowest BCUT2D eigenvalue weighted by Crippen LogP contribution is -2.30. The summed E-state index contributed by atoms with van der Waals surface area (Å²) in [6.07, 6.45) is 82.7. The third-order valence-corrected chi connectivity index (χ3v) is 17.9. The van der Waals surface area contributed by atoms with Gasteiger partial charge in [0.15, 0.2) is 6.10 Å². The van der Waals surface area contributed by atoms with E-state index in [9.17, 15) is 43.5 Å². The maximum Gasteiger partial charge on any atom is 0.472 e. The number of carbonyl (C=O) groups is 3. The van der Waals surface area contributed by atoms with Crippen LogP contribution >= 0.6 is 15.6 Å². The first-order chi connectivity index (χ1) is 47.2. The third kappa shape index (κ3) is 73.3. The highest BCUT2D eigenvalue weighted by Gasteiger charge is 2.29. The van der Waals surface area contributed by atoms with Gasteiger partial charge in [0, 0.05) is 19.3 Å². The maximum absolute atomic E-state index is 12.9. The minimum atomic E-state index is -4.93. The number of rotatable bonds is 72. The van der Waals surface area contributed by atoms with Gasteiger partial charge in [-0.15, -0.1) is 0 Å². The van der Waals surface area contributed by atoms with Gasteiger partial charge in [0.1, 0.15) is 25.4 Å². The molecule has 0 aromatic heterocycles. The van der Waals surface area contributed by atoms with Gasteiger partial charge in [0.2, 0.25) is 0 Å². The second-order valence-electron chi connectivity index (χ2n) is 25.4. The molecular formula is C79H138O16P2. The third-order valence-electron chi connectivity index (χ3n) is 16.0. The van der Waals surface area contributed by atoms with Crippen molar-refractivity contribution in [3.63, 3.8) is 0 Å². The molecule has 0 spiro atoms. The van der Waals surface area contributed by atoms with Crippen molar-refractivity contribution < 1.29 is 75.8 Å². The fourth-order valence-electron chi connectivity index (χ4n) is 10.1. The average molecular weight is 1410 g/mol. The van der Waals surface area contributed by atoms with E-state index in [4.69, 9.17) is 32.3 Å². The Morgan fingerprint density at radius 2 is 0.546 bits per heavy atom. The predicted molar refractivity (Wildman–Crippen MR) is 399 cm³/mol. The van der Waals surface area contributed by atoms with Crippen LogP contribution in [0.15, 0.2) is 109 Å². The number of aliphatic hydroxyl groups excluding tert-OH is 2. The maximum atomic E-state index is 12.9. The molecule has 0 aromatic carbocycles. The Kier molecular flexibility index (Phi) is 69.2. The molecule has 97 heavy (non-hydrogen) atoms. The van der Waals surface area contributed by atoms with Crippen molar-refractivity contribution in [1.29, 1.82) is 0 Å². The Bertz CT molecular complexity index is 2200. The van der Waals surface area contributed by atoms with Crippen LogP contribution in [0, 0.1) is 0 Å². The van der Waals surface area contributed by atoms with E-state index in [0.29, 0.717) is 19.3 Å². The summed E-state index contributed by atoms with van der Waals surface area (Å²) in [6, 6.07) is 0. The van der Waals surface area contributed by atoms with Crippen LogP contribution in [0.25, 0.3) is 0 Å². The molecule has 18 heteroatoms. The first-order valence-corrected chi connectivity index (χ1v) is 41.2. The number of hydrogen-bond acceptors (Lipinski definition) is 14. The Labute approximate surface area is 590 Å². The lowest BCUT2D eigenvalue weighted by Gasteiger charge is -2.21. The molecule has 0 bridgehead atoms.